The van der Waals surface area contributed by atoms with E-state index in [1.165, 1.54) is 4.90 Å². The third kappa shape index (κ3) is 4.20. The van der Waals surface area contributed by atoms with Crippen molar-refractivity contribution in [2.75, 3.05) is 13.1 Å². The van der Waals surface area contributed by atoms with E-state index in [0.717, 1.165) is 5.56 Å². The zero-order valence-corrected chi connectivity index (χ0v) is 10.8. The summed E-state index contributed by atoms with van der Waals surface area (Å²) in [6, 6.07) is 9.73. The number of nitrogens with zero attached hydrogens (tertiary/aromatic N) is 1. The summed E-state index contributed by atoms with van der Waals surface area (Å²) >= 11 is 0. The van der Waals surface area contributed by atoms with Gasteiger partial charge in [-0.2, -0.15) is 0 Å². The lowest BCUT2D eigenvalue weighted by atomic mass is 10.00. The van der Waals surface area contributed by atoms with E-state index in [9.17, 15) is 9.59 Å². The Hall–Kier alpha value is -1.84. The van der Waals surface area contributed by atoms with Crippen LogP contribution < -0.4 is 0 Å². The summed E-state index contributed by atoms with van der Waals surface area (Å²) in [4.78, 5) is 24.1. The van der Waals surface area contributed by atoms with Gasteiger partial charge in [0.2, 0.25) is 5.91 Å². The Morgan fingerprint density at radius 2 is 1.89 bits per heavy atom. The first kappa shape index (κ1) is 14.2. The van der Waals surface area contributed by atoms with Gasteiger partial charge in [0.15, 0.2) is 0 Å². The zero-order chi connectivity index (χ0) is 13.5. The van der Waals surface area contributed by atoms with E-state index in [4.69, 9.17) is 5.11 Å². The van der Waals surface area contributed by atoms with Gasteiger partial charge in [0.1, 0.15) is 6.54 Å². The van der Waals surface area contributed by atoms with Crippen molar-refractivity contribution in [2.45, 2.75) is 20.3 Å². The van der Waals surface area contributed by atoms with Crippen molar-refractivity contribution in [3.8, 4) is 0 Å². The number of carbonyl (C=O) groups is 2. The van der Waals surface area contributed by atoms with Crippen LogP contribution in [-0.2, 0) is 16.0 Å². The lowest BCUT2D eigenvalue weighted by molar-refractivity contribution is -0.145. The van der Waals surface area contributed by atoms with E-state index in [2.05, 4.69) is 0 Å². The maximum absolute atomic E-state index is 12.1. The molecule has 4 nitrogen and oxygen atoms in total. The van der Waals surface area contributed by atoms with Crippen LogP contribution in [0, 0.1) is 5.92 Å². The SMILES string of the molecule is CCN(CC(=O)O)C(=O)[C@@H](C)Cc1ccccc1. The molecule has 0 heterocycles. The second kappa shape index (κ2) is 6.79. The Labute approximate surface area is 107 Å². The highest BCUT2D eigenvalue weighted by molar-refractivity contribution is 5.83. The Bertz CT molecular complexity index is 403. The molecule has 0 aliphatic rings. The maximum Gasteiger partial charge on any atom is 0.323 e. The molecule has 0 aliphatic heterocycles. The number of aliphatic carboxylic acids is 1. The van der Waals surface area contributed by atoms with Crippen LogP contribution in [0.25, 0.3) is 0 Å². The number of amides is 1. The third-order valence-electron chi connectivity index (χ3n) is 2.83. The smallest absolute Gasteiger partial charge is 0.323 e. The fourth-order valence-electron chi connectivity index (χ4n) is 1.88. The van der Waals surface area contributed by atoms with Crippen LogP contribution in [0.15, 0.2) is 30.3 Å². The van der Waals surface area contributed by atoms with E-state index in [-0.39, 0.29) is 18.4 Å². The van der Waals surface area contributed by atoms with Crippen LogP contribution in [0.4, 0.5) is 0 Å². The minimum absolute atomic E-state index is 0.108. The Balaban J connectivity index is 2.62. The van der Waals surface area contributed by atoms with Crippen molar-refractivity contribution >= 4 is 11.9 Å². The molecule has 98 valence electrons. The number of carboxylic acids is 1. The topological polar surface area (TPSA) is 57.6 Å². The largest absolute Gasteiger partial charge is 0.480 e. The molecule has 1 atom stereocenters. The molecule has 0 aromatic heterocycles. The van der Waals surface area contributed by atoms with Gasteiger partial charge < -0.3 is 10.0 Å². The molecule has 0 spiro atoms. The number of rotatable bonds is 6. The minimum atomic E-state index is -0.975. The second-order valence-corrected chi connectivity index (χ2v) is 4.34. The summed E-state index contributed by atoms with van der Waals surface area (Å²) in [5.41, 5.74) is 1.09. The van der Waals surface area contributed by atoms with Crippen LogP contribution in [0.3, 0.4) is 0 Å². The summed E-state index contributed by atoms with van der Waals surface area (Å²) < 4.78 is 0. The molecule has 18 heavy (non-hydrogen) atoms. The molecule has 0 bridgehead atoms. The van der Waals surface area contributed by atoms with Gasteiger partial charge in [0.25, 0.3) is 0 Å². The summed E-state index contributed by atoms with van der Waals surface area (Å²) in [6.45, 7) is 3.81. The van der Waals surface area contributed by atoms with Gasteiger partial charge in [-0.05, 0) is 18.9 Å². The number of likely N-dealkylation sites (N-methyl/N-ethyl adjacent to an activating group) is 1. The van der Waals surface area contributed by atoms with Gasteiger partial charge in [-0.3, -0.25) is 9.59 Å². The molecular formula is C14H19NO3. The Morgan fingerprint density at radius 3 is 2.39 bits per heavy atom. The second-order valence-electron chi connectivity index (χ2n) is 4.34. The zero-order valence-electron chi connectivity index (χ0n) is 10.8. The maximum atomic E-state index is 12.1. The predicted octanol–water partition coefficient (Wildman–Crippen LogP) is 1.80. The molecule has 1 amide bonds. The predicted molar refractivity (Wildman–Crippen MR) is 69.2 cm³/mol. The average molecular weight is 249 g/mol. The van der Waals surface area contributed by atoms with E-state index < -0.39 is 5.97 Å². The molecule has 0 radical (unpaired) electrons. The van der Waals surface area contributed by atoms with Crippen LogP contribution in [0.2, 0.25) is 0 Å². The monoisotopic (exact) mass is 249 g/mol. The number of hydrogen-bond donors (Lipinski definition) is 1. The summed E-state index contributed by atoms with van der Waals surface area (Å²) in [7, 11) is 0. The Morgan fingerprint density at radius 1 is 1.28 bits per heavy atom. The van der Waals surface area contributed by atoms with Gasteiger partial charge >= 0.3 is 5.97 Å². The fourth-order valence-corrected chi connectivity index (χ4v) is 1.88. The fraction of sp³-hybridized carbons (Fsp3) is 0.429. The number of carboxylic acid groups (broad SMARTS) is 1. The van der Waals surface area contributed by atoms with E-state index in [0.29, 0.717) is 13.0 Å². The van der Waals surface area contributed by atoms with E-state index in [1.54, 1.807) is 6.92 Å². The average Bonchev–Trinajstić information content (AvgIpc) is 2.36. The summed E-state index contributed by atoms with van der Waals surface area (Å²) in [6.07, 6.45) is 0.635. The molecule has 0 saturated heterocycles. The quantitative estimate of drug-likeness (QED) is 0.836. The molecule has 0 unspecified atom stereocenters. The third-order valence-corrected chi connectivity index (χ3v) is 2.83. The first-order valence-corrected chi connectivity index (χ1v) is 6.09. The normalized spacial score (nSPS) is 11.9. The highest BCUT2D eigenvalue weighted by Crippen LogP contribution is 2.11. The number of carbonyl (C=O) groups excluding carboxylic acids is 1. The van der Waals surface area contributed by atoms with Crippen LogP contribution in [0.1, 0.15) is 19.4 Å². The van der Waals surface area contributed by atoms with Gasteiger partial charge in [0.05, 0.1) is 0 Å². The molecule has 1 rings (SSSR count). The van der Waals surface area contributed by atoms with Crippen molar-refractivity contribution < 1.29 is 14.7 Å². The molecule has 0 saturated carbocycles. The molecule has 1 aromatic rings. The van der Waals surface area contributed by atoms with Crippen LogP contribution in [0.5, 0.6) is 0 Å². The van der Waals surface area contributed by atoms with Gasteiger partial charge in [-0.1, -0.05) is 37.3 Å². The summed E-state index contributed by atoms with van der Waals surface area (Å²) in [5.74, 6) is -1.28. The van der Waals surface area contributed by atoms with E-state index >= 15 is 0 Å². The lowest BCUT2D eigenvalue weighted by Gasteiger charge is -2.22. The van der Waals surface area contributed by atoms with Crippen LogP contribution in [-0.4, -0.2) is 35.0 Å². The van der Waals surface area contributed by atoms with Gasteiger partial charge in [-0.15, -0.1) is 0 Å². The van der Waals surface area contributed by atoms with Crippen molar-refractivity contribution in [2.24, 2.45) is 5.92 Å². The van der Waals surface area contributed by atoms with Crippen LogP contribution >= 0.6 is 0 Å². The molecular weight excluding hydrogens is 230 g/mol. The first-order valence-electron chi connectivity index (χ1n) is 6.09. The van der Waals surface area contributed by atoms with Crippen molar-refractivity contribution in [3.05, 3.63) is 35.9 Å². The summed E-state index contributed by atoms with van der Waals surface area (Å²) in [5, 5.41) is 8.74. The molecule has 1 N–H and O–H groups in total. The standard InChI is InChI=1S/C14H19NO3/c1-3-15(10-13(16)17)14(18)11(2)9-12-7-5-4-6-8-12/h4-8,11H,3,9-10H2,1-2H3,(H,16,17)/t11-/m0/s1. The van der Waals surface area contributed by atoms with Crippen molar-refractivity contribution in [1.29, 1.82) is 0 Å². The van der Waals surface area contributed by atoms with Gasteiger partial charge in [-0.25, -0.2) is 0 Å². The highest BCUT2D eigenvalue weighted by Gasteiger charge is 2.21. The van der Waals surface area contributed by atoms with Crippen molar-refractivity contribution in [3.63, 3.8) is 0 Å². The van der Waals surface area contributed by atoms with Crippen molar-refractivity contribution in [1.82, 2.24) is 4.90 Å². The highest BCUT2D eigenvalue weighted by atomic mass is 16.4. The number of benzene rings is 1. The minimum Gasteiger partial charge on any atom is -0.480 e. The molecule has 4 heteroatoms. The molecule has 0 aliphatic carbocycles. The molecule has 1 aromatic carbocycles. The number of hydrogen-bond acceptors (Lipinski definition) is 2. The Kier molecular flexibility index (Phi) is 5.36. The molecule has 0 fully saturated rings. The van der Waals surface area contributed by atoms with Gasteiger partial charge in [0, 0.05) is 12.5 Å². The first-order chi connectivity index (χ1) is 8.54. The lowest BCUT2D eigenvalue weighted by Crippen LogP contribution is -2.39. The van der Waals surface area contributed by atoms with E-state index in [1.807, 2.05) is 37.3 Å².